The molecule has 2 N–H and O–H groups in total. The first-order chi connectivity index (χ1) is 9.17. The first kappa shape index (κ1) is 13.5. The lowest BCUT2D eigenvalue weighted by Crippen LogP contribution is -2.46. The van der Waals surface area contributed by atoms with E-state index in [9.17, 15) is 9.59 Å². The molecule has 2 rings (SSSR count). The molecule has 0 radical (unpaired) electrons. The fourth-order valence-corrected chi connectivity index (χ4v) is 2.05. The SMILES string of the molecule is CCOC(=O)C1=C(CCl)NC(=O)N[C@H]1c1ccco1. The number of amides is 2. The second-order valence-corrected chi connectivity index (χ2v) is 4.06. The summed E-state index contributed by atoms with van der Waals surface area (Å²) in [6.45, 7) is 1.94. The Balaban J connectivity index is 2.43. The average Bonchev–Trinajstić information content (AvgIpc) is 2.91. The Labute approximate surface area is 114 Å². The summed E-state index contributed by atoms with van der Waals surface area (Å²) in [6.07, 6.45) is 1.46. The van der Waals surface area contributed by atoms with Crippen molar-refractivity contribution in [3.63, 3.8) is 0 Å². The van der Waals surface area contributed by atoms with E-state index in [0.717, 1.165) is 0 Å². The molecule has 2 heterocycles. The molecule has 1 aromatic rings. The van der Waals surface area contributed by atoms with Crippen LogP contribution in [0.25, 0.3) is 0 Å². The van der Waals surface area contributed by atoms with Gasteiger partial charge >= 0.3 is 12.0 Å². The Morgan fingerprint density at radius 3 is 2.95 bits per heavy atom. The molecule has 0 spiro atoms. The molecule has 0 fully saturated rings. The van der Waals surface area contributed by atoms with Crippen LogP contribution in [0, 0.1) is 0 Å². The highest BCUT2D eigenvalue weighted by Gasteiger charge is 2.34. The molecule has 1 aliphatic rings. The van der Waals surface area contributed by atoms with E-state index in [1.165, 1.54) is 6.26 Å². The summed E-state index contributed by atoms with van der Waals surface area (Å²) in [6, 6.07) is 2.20. The maximum atomic E-state index is 12.0. The van der Waals surface area contributed by atoms with Crippen LogP contribution >= 0.6 is 11.6 Å². The molecule has 1 aliphatic heterocycles. The zero-order chi connectivity index (χ0) is 13.8. The van der Waals surface area contributed by atoms with Crippen molar-refractivity contribution in [2.75, 3.05) is 12.5 Å². The lowest BCUT2D eigenvalue weighted by Gasteiger charge is -2.26. The van der Waals surface area contributed by atoms with Crippen molar-refractivity contribution in [1.29, 1.82) is 0 Å². The molecule has 0 saturated heterocycles. The molecule has 2 amide bonds. The second-order valence-electron chi connectivity index (χ2n) is 3.79. The number of nitrogens with one attached hydrogen (secondary N) is 2. The van der Waals surface area contributed by atoms with Gasteiger partial charge in [0.15, 0.2) is 0 Å². The van der Waals surface area contributed by atoms with Gasteiger partial charge in [0.05, 0.1) is 24.3 Å². The van der Waals surface area contributed by atoms with Crippen LogP contribution in [0.15, 0.2) is 34.1 Å². The number of ether oxygens (including phenoxy) is 1. The number of rotatable bonds is 4. The third-order valence-electron chi connectivity index (χ3n) is 2.61. The van der Waals surface area contributed by atoms with Gasteiger partial charge in [-0.1, -0.05) is 0 Å². The van der Waals surface area contributed by atoms with E-state index >= 15 is 0 Å². The molecule has 0 bridgehead atoms. The second kappa shape index (κ2) is 5.79. The molecule has 0 unspecified atom stereocenters. The molecule has 102 valence electrons. The molecular weight excluding hydrogens is 272 g/mol. The van der Waals surface area contributed by atoms with Crippen LogP contribution in [-0.2, 0) is 9.53 Å². The van der Waals surface area contributed by atoms with Gasteiger partial charge in [-0.25, -0.2) is 9.59 Å². The zero-order valence-corrected chi connectivity index (χ0v) is 11.0. The maximum absolute atomic E-state index is 12.0. The van der Waals surface area contributed by atoms with Crippen LogP contribution in [0.3, 0.4) is 0 Å². The van der Waals surface area contributed by atoms with Crippen LogP contribution in [0.4, 0.5) is 4.79 Å². The van der Waals surface area contributed by atoms with Crippen molar-refractivity contribution in [1.82, 2.24) is 10.6 Å². The van der Waals surface area contributed by atoms with E-state index in [-0.39, 0.29) is 18.1 Å². The van der Waals surface area contributed by atoms with Gasteiger partial charge in [0.2, 0.25) is 0 Å². The summed E-state index contributed by atoms with van der Waals surface area (Å²) in [5.74, 6) is -0.0914. The van der Waals surface area contributed by atoms with Crippen LogP contribution in [0.2, 0.25) is 0 Å². The number of urea groups is 1. The molecule has 1 atom stereocenters. The molecule has 19 heavy (non-hydrogen) atoms. The third kappa shape index (κ3) is 2.73. The smallest absolute Gasteiger partial charge is 0.338 e. The lowest BCUT2D eigenvalue weighted by molar-refractivity contribution is -0.139. The van der Waals surface area contributed by atoms with E-state index in [1.54, 1.807) is 19.1 Å². The minimum absolute atomic E-state index is 0.00121. The van der Waals surface area contributed by atoms with E-state index in [1.807, 2.05) is 0 Å². The fourth-order valence-electron chi connectivity index (χ4n) is 1.84. The Hall–Kier alpha value is -1.95. The van der Waals surface area contributed by atoms with E-state index in [2.05, 4.69) is 10.6 Å². The van der Waals surface area contributed by atoms with Crippen LogP contribution < -0.4 is 10.6 Å². The van der Waals surface area contributed by atoms with Crippen LogP contribution in [0.1, 0.15) is 18.7 Å². The van der Waals surface area contributed by atoms with Gasteiger partial charge in [0.1, 0.15) is 11.8 Å². The monoisotopic (exact) mass is 284 g/mol. The van der Waals surface area contributed by atoms with Gasteiger partial charge in [-0.15, -0.1) is 11.6 Å². The normalized spacial score (nSPS) is 18.8. The van der Waals surface area contributed by atoms with Gasteiger partial charge < -0.3 is 19.8 Å². The highest BCUT2D eigenvalue weighted by atomic mass is 35.5. The van der Waals surface area contributed by atoms with Gasteiger partial charge in [-0.2, -0.15) is 0 Å². The highest BCUT2D eigenvalue weighted by molar-refractivity contribution is 6.20. The summed E-state index contributed by atoms with van der Waals surface area (Å²) in [5, 5.41) is 5.11. The summed E-state index contributed by atoms with van der Waals surface area (Å²) < 4.78 is 10.2. The van der Waals surface area contributed by atoms with Crippen molar-refractivity contribution in [2.24, 2.45) is 0 Å². The number of hydrogen-bond acceptors (Lipinski definition) is 4. The summed E-state index contributed by atoms with van der Waals surface area (Å²) in [4.78, 5) is 23.6. The lowest BCUT2D eigenvalue weighted by atomic mass is 10.0. The predicted molar refractivity (Wildman–Crippen MR) is 67.5 cm³/mol. The number of esters is 1. The number of carbonyl (C=O) groups is 2. The minimum atomic E-state index is -0.698. The number of furan rings is 1. The minimum Gasteiger partial charge on any atom is -0.467 e. The van der Waals surface area contributed by atoms with E-state index in [4.69, 9.17) is 20.8 Å². The number of hydrogen-bond donors (Lipinski definition) is 2. The molecular formula is C12H13ClN2O4. The quantitative estimate of drug-likeness (QED) is 0.651. The van der Waals surface area contributed by atoms with Crippen LogP contribution in [-0.4, -0.2) is 24.5 Å². The molecule has 0 aromatic carbocycles. The molecule has 0 saturated carbocycles. The topological polar surface area (TPSA) is 80.6 Å². The molecule has 6 nitrogen and oxygen atoms in total. The summed E-state index contributed by atoms with van der Waals surface area (Å²) >= 11 is 5.77. The maximum Gasteiger partial charge on any atom is 0.338 e. The van der Waals surface area contributed by atoms with E-state index in [0.29, 0.717) is 11.5 Å². The largest absolute Gasteiger partial charge is 0.467 e. The first-order valence-electron chi connectivity index (χ1n) is 5.74. The standard InChI is InChI=1S/C12H13ClN2O4/c1-2-18-11(16)9-7(6-13)14-12(17)15-10(9)8-4-3-5-19-8/h3-5,10H,2,6H2,1H3,(H2,14,15,17)/t10-/m0/s1. The molecule has 7 heteroatoms. The summed E-state index contributed by atoms with van der Waals surface area (Å²) in [5.41, 5.74) is 0.580. The summed E-state index contributed by atoms with van der Waals surface area (Å²) in [7, 11) is 0. The van der Waals surface area contributed by atoms with Crippen molar-refractivity contribution >= 4 is 23.6 Å². The Morgan fingerprint density at radius 1 is 1.58 bits per heavy atom. The van der Waals surface area contributed by atoms with Crippen molar-refractivity contribution in [3.05, 3.63) is 35.4 Å². The number of carbonyl (C=O) groups excluding carboxylic acids is 2. The fraction of sp³-hybridized carbons (Fsp3) is 0.333. The van der Waals surface area contributed by atoms with Crippen LogP contribution in [0.5, 0.6) is 0 Å². The van der Waals surface area contributed by atoms with Gasteiger partial charge in [0.25, 0.3) is 0 Å². The van der Waals surface area contributed by atoms with E-state index < -0.39 is 18.0 Å². The number of allylic oxidation sites excluding steroid dienone is 1. The van der Waals surface area contributed by atoms with Gasteiger partial charge in [-0.3, -0.25) is 0 Å². The zero-order valence-electron chi connectivity index (χ0n) is 10.2. The van der Waals surface area contributed by atoms with Gasteiger partial charge in [-0.05, 0) is 19.1 Å². The van der Waals surface area contributed by atoms with Crippen molar-refractivity contribution in [3.8, 4) is 0 Å². The predicted octanol–water partition coefficient (Wildman–Crippen LogP) is 1.69. The molecule has 0 aliphatic carbocycles. The van der Waals surface area contributed by atoms with Crippen molar-refractivity contribution < 1.29 is 18.7 Å². The van der Waals surface area contributed by atoms with Gasteiger partial charge in [0, 0.05) is 5.70 Å². The Kier molecular flexibility index (Phi) is 4.11. The first-order valence-corrected chi connectivity index (χ1v) is 6.27. The Morgan fingerprint density at radius 2 is 2.37 bits per heavy atom. The molecule has 1 aromatic heterocycles. The average molecular weight is 285 g/mol. The van der Waals surface area contributed by atoms with Crippen molar-refractivity contribution in [2.45, 2.75) is 13.0 Å². The highest BCUT2D eigenvalue weighted by Crippen LogP contribution is 2.28. The number of halogens is 1. The Bertz CT molecular complexity index is 510. The third-order valence-corrected chi connectivity index (χ3v) is 2.88. The number of alkyl halides is 1.